The van der Waals surface area contributed by atoms with Gasteiger partial charge in [0.15, 0.2) is 0 Å². The van der Waals surface area contributed by atoms with Gasteiger partial charge in [-0.1, -0.05) is 6.07 Å². The first-order chi connectivity index (χ1) is 10.1. The molecule has 0 bridgehead atoms. The van der Waals surface area contributed by atoms with Gasteiger partial charge >= 0.3 is 0 Å². The smallest absolute Gasteiger partial charge is 0.223 e. The van der Waals surface area contributed by atoms with E-state index in [9.17, 15) is 13.6 Å². The third-order valence-corrected chi connectivity index (χ3v) is 4.45. The molecular formula is C16H21ClF2N2O. The first-order valence-corrected chi connectivity index (χ1v) is 7.58. The summed E-state index contributed by atoms with van der Waals surface area (Å²) in [4.78, 5) is 12.1. The summed E-state index contributed by atoms with van der Waals surface area (Å²) in [5, 5.41) is 6.28. The van der Waals surface area contributed by atoms with Gasteiger partial charge in [-0.3, -0.25) is 4.79 Å². The molecule has 6 heteroatoms. The van der Waals surface area contributed by atoms with Crippen molar-refractivity contribution in [2.45, 2.75) is 25.2 Å². The molecule has 22 heavy (non-hydrogen) atoms. The van der Waals surface area contributed by atoms with Crippen molar-refractivity contribution >= 4 is 18.3 Å². The van der Waals surface area contributed by atoms with Crippen LogP contribution >= 0.6 is 12.4 Å². The van der Waals surface area contributed by atoms with E-state index in [1.165, 1.54) is 12.1 Å². The third kappa shape index (κ3) is 3.96. The SMILES string of the molecule is Cl.O=C(NCC1CCCNC1)C1CC1c1ccc(F)cc1F. The first-order valence-electron chi connectivity index (χ1n) is 7.58. The number of halogens is 3. The van der Waals surface area contributed by atoms with Crippen LogP contribution in [0.2, 0.25) is 0 Å². The minimum atomic E-state index is -0.581. The highest BCUT2D eigenvalue weighted by atomic mass is 35.5. The zero-order valence-corrected chi connectivity index (χ0v) is 13.1. The first kappa shape index (κ1) is 17.2. The zero-order valence-electron chi connectivity index (χ0n) is 12.3. The molecule has 1 aliphatic heterocycles. The van der Waals surface area contributed by atoms with Crippen LogP contribution in [0.4, 0.5) is 8.78 Å². The van der Waals surface area contributed by atoms with Gasteiger partial charge in [0.2, 0.25) is 5.91 Å². The van der Waals surface area contributed by atoms with Gasteiger partial charge < -0.3 is 10.6 Å². The van der Waals surface area contributed by atoms with Crippen molar-refractivity contribution in [3.05, 3.63) is 35.4 Å². The van der Waals surface area contributed by atoms with E-state index in [1.807, 2.05) is 0 Å². The molecule has 2 N–H and O–H groups in total. The number of benzene rings is 1. The number of carbonyl (C=O) groups is 1. The van der Waals surface area contributed by atoms with Gasteiger partial charge in [0.05, 0.1) is 0 Å². The second kappa shape index (κ2) is 7.38. The highest BCUT2D eigenvalue weighted by Gasteiger charge is 2.45. The summed E-state index contributed by atoms with van der Waals surface area (Å²) in [6.45, 7) is 2.68. The molecule has 3 nitrogen and oxygen atoms in total. The van der Waals surface area contributed by atoms with Gasteiger partial charge in [-0.2, -0.15) is 0 Å². The summed E-state index contributed by atoms with van der Waals surface area (Å²) < 4.78 is 26.6. The molecule has 0 aromatic heterocycles. The van der Waals surface area contributed by atoms with Crippen molar-refractivity contribution < 1.29 is 13.6 Å². The molecular weight excluding hydrogens is 310 g/mol. The Morgan fingerprint density at radius 3 is 2.86 bits per heavy atom. The highest BCUT2D eigenvalue weighted by Crippen LogP contribution is 2.48. The molecule has 2 aliphatic rings. The Kier molecular flexibility index (Phi) is 5.75. The summed E-state index contributed by atoms with van der Waals surface area (Å²) >= 11 is 0. The second-order valence-corrected chi connectivity index (χ2v) is 6.07. The Morgan fingerprint density at radius 2 is 2.18 bits per heavy atom. The summed E-state index contributed by atoms with van der Waals surface area (Å²) in [5.74, 6) is -0.914. The van der Waals surface area contributed by atoms with Crippen molar-refractivity contribution in [2.75, 3.05) is 19.6 Å². The van der Waals surface area contributed by atoms with E-state index in [-0.39, 0.29) is 30.2 Å². The van der Waals surface area contributed by atoms with Gasteiger partial charge in [0.1, 0.15) is 11.6 Å². The minimum absolute atomic E-state index is 0. The van der Waals surface area contributed by atoms with E-state index >= 15 is 0 Å². The van der Waals surface area contributed by atoms with Gasteiger partial charge in [0.25, 0.3) is 0 Å². The van der Waals surface area contributed by atoms with Crippen LogP contribution in [0.15, 0.2) is 18.2 Å². The molecule has 1 aliphatic carbocycles. The van der Waals surface area contributed by atoms with E-state index in [4.69, 9.17) is 0 Å². The van der Waals surface area contributed by atoms with Crippen LogP contribution in [0, 0.1) is 23.5 Å². The topological polar surface area (TPSA) is 41.1 Å². The standard InChI is InChI=1S/C16H20F2N2O.ClH/c17-11-3-4-12(15(18)6-11)13-7-14(13)16(21)20-9-10-2-1-5-19-8-10;/h3-4,6,10,13-14,19H,1-2,5,7-9H2,(H,20,21);1H. The molecule has 0 spiro atoms. The van der Waals surface area contributed by atoms with Crippen LogP contribution in [0.1, 0.15) is 30.7 Å². The molecule has 1 heterocycles. The maximum Gasteiger partial charge on any atom is 0.223 e. The molecule has 3 atom stereocenters. The number of piperidine rings is 1. The number of amides is 1. The fourth-order valence-corrected chi connectivity index (χ4v) is 3.10. The second-order valence-electron chi connectivity index (χ2n) is 6.07. The Bertz CT molecular complexity index is 535. The number of carbonyl (C=O) groups excluding carboxylic acids is 1. The number of rotatable bonds is 4. The quantitative estimate of drug-likeness (QED) is 0.891. The lowest BCUT2D eigenvalue weighted by molar-refractivity contribution is -0.122. The Hall–Kier alpha value is -1.20. The van der Waals surface area contributed by atoms with Crippen molar-refractivity contribution in [1.82, 2.24) is 10.6 Å². The number of hydrogen-bond acceptors (Lipinski definition) is 2. The number of hydrogen-bond donors (Lipinski definition) is 2. The Morgan fingerprint density at radius 1 is 1.36 bits per heavy atom. The summed E-state index contributed by atoms with van der Waals surface area (Å²) in [5.41, 5.74) is 0.455. The molecule has 1 aromatic rings. The van der Waals surface area contributed by atoms with Crippen LogP contribution < -0.4 is 10.6 Å². The zero-order chi connectivity index (χ0) is 14.8. The van der Waals surface area contributed by atoms with E-state index in [2.05, 4.69) is 10.6 Å². The summed E-state index contributed by atoms with van der Waals surface area (Å²) in [6, 6.07) is 3.59. The van der Waals surface area contributed by atoms with Crippen molar-refractivity contribution in [1.29, 1.82) is 0 Å². The van der Waals surface area contributed by atoms with Crippen LogP contribution in [-0.2, 0) is 4.79 Å². The largest absolute Gasteiger partial charge is 0.356 e. The lowest BCUT2D eigenvalue weighted by Gasteiger charge is -2.22. The van der Waals surface area contributed by atoms with Crippen molar-refractivity contribution in [3.8, 4) is 0 Å². The van der Waals surface area contributed by atoms with E-state index < -0.39 is 11.6 Å². The van der Waals surface area contributed by atoms with Gasteiger partial charge in [-0.15, -0.1) is 12.4 Å². The van der Waals surface area contributed by atoms with E-state index in [0.29, 0.717) is 24.4 Å². The number of nitrogens with one attached hydrogen (secondary N) is 2. The molecule has 1 saturated carbocycles. The van der Waals surface area contributed by atoms with Gasteiger partial charge in [-0.25, -0.2) is 8.78 Å². The van der Waals surface area contributed by atoms with Gasteiger partial charge in [-0.05, 0) is 55.8 Å². The molecule has 1 aromatic carbocycles. The predicted molar refractivity (Wildman–Crippen MR) is 83.1 cm³/mol. The molecule has 122 valence electrons. The molecule has 3 unspecified atom stereocenters. The fourth-order valence-electron chi connectivity index (χ4n) is 3.10. The summed E-state index contributed by atoms with van der Waals surface area (Å²) in [7, 11) is 0. The van der Waals surface area contributed by atoms with Gasteiger partial charge in [0, 0.05) is 18.5 Å². The van der Waals surface area contributed by atoms with Crippen molar-refractivity contribution in [2.24, 2.45) is 11.8 Å². The summed E-state index contributed by atoms with van der Waals surface area (Å²) in [6.07, 6.45) is 2.93. The lowest BCUT2D eigenvalue weighted by atomic mass is 9.99. The molecule has 3 rings (SSSR count). The van der Waals surface area contributed by atoms with Crippen LogP contribution in [-0.4, -0.2) is 25.5 Å². The average Bonchev–Trinajstić information content (AvgIpc) is 3.26. The molecule has 1 saturated heterocycles. The predicted octanol–water partition coefficient (Wildman–Crippen LogP) is 2.61. The van der Waals surface area contributed by atoms with Crippen LogP contribution in [0.3, 0.4) is 0 Å². The third-order valence-electron chi connectivity index (χ3n) is 4.45. The molecule has 2 fully saturated rings. The highest BCUT2D eigenvalue weighted by molar-refractivity contribution is 5.85. The maximum absolute atomic E-state index is 13.7. The monoisotopic (exact) mass is 330 g/mol. The van der Waals surface area contributed by atoms with Crippen molar-refractivity contribution in [3.63, 3.8) is 0 Å². The van der Waals surface area contributed by atoms with E-state index in [0.717, 1.165) is 32.0 Å². The van der Waals surface area contributed by atoms with Crippen LogP contribution in [0.5, 0.6) is 0 Å². The Labute approximate surface area is 135 Å². The average molecular weight is 331 g/mol. The van der Waals surface area contributed by atoms with E-state index in [1.54, 1.807) is 0 Å². The maximum atomic E-state index is 13.7. The van der Waals surface area contributed by atoms with Crippen LogP contribution in [0.25, 0.3) is 0 Å². The fraction of sp³-hybridized carbons (Fsp3) is 0.562. The lowest BCUT2D eigenvalue weighted by Crippen LogP contribution is -2.38. The minimum Gasteiger partial charge on any atom is -0.356 e. The molecule has 1 amide bonds. The normalized spacial score (nSPS) is 26.9. The Balaban J connectivity index is 0.00000176. The molecule has 0 radical (unpaired) electrons.